The summed E-state index contributed by atoms with van der Waals surface area (Å²) >= 11 is 4.21. The minimum atomic E-state index is -2.49. The Bertz CT molecular complexity index is 195. The first kappa shape index (κ1) is 7.31. The van der Waals surface area contributed by atoms with Crippen molar-refractivity contribution < 1.29 is 8.42 Å². The van der Waals surface area contributed by atoms with Crippen LogP contribution in [0.25, 0.3) is 0 Å². The second kappa shape index (κ2) is 3.33. The van der Waals surface area contributed by atoms with Gasteiger partial charge in [0.1, 0.15) is 0 Å². The van der Waals surface area contributed by atoms with Gasteiger partial charge < -0.3 is 5.73 Å². The van der Waals surface area contributed by atoms with E-state index in [1.807, 2.05) is 5.43 Å². The van der Waals surface area contributed by atoms with Gasteiger partial charge >= 0.3 is 10.5 Å². The van der Waals surface area contributed by atoms with E-state index in [4.69, 9.17) is 5.73 Å². The summed E-state index contributed by atoms with van der Waals surface area (Å²) in [7, 11) is -2.49. The van der Waals surface area contributed by atoms with Crippen LogP contribution < -0.4 is 11.2 Å². The van der Waals surface area contributed by atoms with Gasteiger partial charge in [-0.25, -0.2) is 5.43 Å². The molecule has 7 heteroatoms. The summed E-state index contributed by atoms with van der Waals surface area (Å²) in [6.07, 6.45) is 0. The molecule has 0 saturated carbocycles. The van der Waals surface area contributed by atoms with E-state index in [-0.39, 0.29) is 5.11 Å². The van der Waals surface area contributed by atoms with E-state index in [1.165, 1.54) is 0 Å². The third-order valence-electron chi connectivity index (χ3n) is 0.230. The van der Waals surface area contributed by atoms with Crippen molar-refractivity contribution in [1.29, 1.82) is 0 Å². The normalized spacial score (nSPS) is 7.50. The van der Waals surface area contributed by atoms with Crippen molar-refractivity contribution in [3.05, 3.63) is 0 Å². The van der Waals surface area contributed by atoms with Gasteiger partial charge in [-0.05, 0) is 12.2 Å². The topological polar surface area (TPSA) is 84.5 Å². The second-order valence-corrected chi connectivity index (χ2v) is 1.84. The Morgan fingerprint density at radius 1 is 1.75 bits per heavy atom. The monoisotopic (exact) mass is 153 g/mol. The largest absolute Gasteiger partial charge is 0.375 e. The van der Waals surface area contributed by atoms with E-state index in [2.05, 4.69) is 16.7 Å². The number of hydrogen-bond donors (Lipinski definition) is 2. The fourth-order valence-corrected chi connectivity index (χ4v) is 0.359. The maximum absolute atomic E-state index is 9.56. The molecule has 0 bridgehead atoms. The van der Waals surface area contributed by atoms with Gasteiger partial charge in [0.2, 0.25) is 0 Å². The smallest absolute Gasteiger partial charge is 0.332 e. The molecule has 0 aliphatic heterocycles. The average molecular weight is 153 g/mol. The molecule has 0 unspecified atom stereocenters. The fourth-order valence-electron chi connectivity index (χ4n) is 0.0823. The third-order valence-corrected chi connectivity index (χ3v) is 0.562. The minimum Gasteiger partial charge on any atom is -0.375 e. The lowest BCUT2D eigenvalue weighted by molar-refractivity contribution is 0.619. The Morgan fingerprint density at radius 2 is 2.25 bits per heavy atom. The molecule has 0 fully saturated rings. The maximum atomic E-state index is 9.56. The zero-order valence-electron chi connectivity index (χ0n) is 3.66. The van der Waals surface area contributed by atoms with Gasteiger partial charge in [-0.1, -0.05) is 4.47 Å². The molecule has 0 atom stereocenters. The van der Waals surface area contributed by atoms with Gasteiger partial charge in [0, 0.05) is 0 Å². The van der Waals surface area contributed by atoms with Crippen LogP contribution in [-0.2, 0) is 10.5 Å². The Labute approximate surface area is 52.6 Å². The Kier molecular flexibility index (Phi) is 3.04. The van der Waals surface area contributed by atoms with Gasteiger partial charge in [0.15, 0.2) is 5.11 Å². The van der Waals surface area contributed by atoms with Crippen molar-refractivity contribution in [2.24, 2.45) is 10.2 Å². The molecule has 0 heterocycles. The minimum absolute atomic E-state index is 0.172. The zero-order valence-corrected chi connectivity index (χ0v) is 5.29. The molecule has 46 valence electrons. The first-order valence-electron chi connectivity index (χ1n) is 1.48. The van der Waals surface area contributed by atoms with E-state index in [0.717, 1.165) is 0 Å². The van der Waals surface area contributed by atoms with Crippen LogP contribution in [0.3, 0.4) is 0 Å². The summed E-state index contributed by atoms with van der Waals surface area (Å²) in [6, 6.07) is 0. The molecule has 0 aromatic carbocycles. The zero-order chi connectivity index (χ0) is 6.57. The highest BCUT2D eigenvalue weighted by atomic mass is 32.2. The summed E-state index contributed by atoms with van der Waals surface area (Å²) in [5.74, 6) is 0. The highest BCUT2D eigenvalue weighted by molar-refractivity contribution is 7.80. The van der Waals surface area contributed by atoms with E-state index in [1.54, 1.807) is 0 Å². The van der Waals surface area contributed by atoms with Crippen molar-refractivity contribution >= 4 is 27.8 Å². The van der Waals surface area contributed by atoms with Crippen molar-refractivity contribution in [2.45, 2.75) is 0 Å². The van der Waals surface area contributed by atoms with Crippen LogP contribution >= 0.6 is 12.2 Å². The van der Waals surface area contributed by atoms with Crippen LogP contribution in [0.4, 0.5) is 0 Å². The SMILES string of the molecule is NC(=S)NN=S(=O)=O. The highest BCUT2D eigenvalue weighted by Crippen LogP contribution is 1.56. The summed E-state index contributed by atoms with van der Waals surface area (Å²) in [5.41, 5.74) is 6.66. The standard InChI is InChI=1S/CH3N3O2S2/c2-1(7)3-4-8(5)6/h(H3,2,3,7). The first-order chi connectivity index (χ1) is 3.63. The summed E-state index contributed by atoms with van der Waals surface area (Å²) in [4.78, 5) is 0. The maximum Gasteiger partial charge on any atom is 0.332 e. The molecule has 0 aromatic rings. The number of nitrogens with zero attached hydrogens (tertiary/aromatic N) is 1. The van der Waals surface area contributed by atoms with Crippen LogP contribution in [0, 0.1) is 0 Å². The van der Waals surface area contributed by atoms with E-state index in [9.17, 15) is 8.42 Å². The van der Waals surface area contributed by atoms with E-state index in [0.29, 0.717) is 0 Å². The van der Waals surface area contributed by atoms with Gasteiger partial charge in [-0.3, -0.25) is 0 Å². The molecular weight excluding hydrogens is 150 g/mol. The van der Waals surface area contributed by atoms with Crippen LogP contribution in [0.2, 0.25) is 0 Å². The molecule has 0 radical (unpaired) electrons. The van der Waals surface area contributed by atoms with Crippen molar-refractivity contribution in [3.8, 4) is 0 Å². The van der Waals surface area contributed by atoms with Crippen molar-refractivity contribution in [3.63, 3.8) is 0 Å². The molecule has 0 aliphatic carbocycles. The summed E-state index contributed by atoms with van der Waals surface area (Å²) < 4.78 is 21.8. The Morgan fingerprint density at radius 3 is 2.38 bits per heavy atom. The number of nitrogens with one attached hydrogen (secondary N) is 1. The van der Waals surface area contributed by atoms with Gasteiger partial charge in [0.25, 0.3) is 0 Å². The average Bonchev–Trinajstić information content (AvgIpc) is 1.61. The predicted molar refractivity (Wildman–Crippen MR) is 31.3 cm³/mol. The van der Waals surface area contributed by atoms with Crippen LogP contribution in [0.1, 0.15) is 0 Å². The van der Waals surface area contributed by atoms with Crippen molar-refractivity contribution in [2.75, 3.05) is 0 Å². The van der Waals surface area contributed by atoms with E-state index < -0.39 is 10.5 Å². The molecule has 0 aromatic heterocycles. The Balaban J connectivity index is 3.81. The van der Waals surface area contributed by atoms with E-state index >= 15 is 0 Å². The van der Waals surface area contributed by atoms with Gasteiger partial charge in [0.05, 0.1) is 0 Å². The molecule has 3 N–H and O–H groups in total. The number of hydrogen-bond acceptors (Lipinski definition) is 4. The van der Waals surface area contributed by atoms with Gasteiger partial charge in [-0.15, -0.1) is 0 Å². The second-order valence-electron chi connectivity index (χ2n) is 0.784. The molecule has 0 spiro atoms. The molecule has 0 aliphatic rings. The number of thiocarbonyl (C=S) groups is 1. The number of rotatable bonds is 1. The lowest BCUT2D eigenvalue weighted by Gasteiger charge is -1.84. The predicted octanol–water partition coefficient (Wildman–Crippen LogP) is -1.20. The fraction of sp³-hybridized carbons (Fsp3) is 0. The van der Waals surface area contributed by atoms with Crippen molar-refractivity contribution in [1.82, 2.24) is 5.43 Å². The van der Waals surface area contributed by atoms with Gasteiger partial charge in [-0.2, -0.15) is 8.42 Å². The summed E-state index contributed by atoms with van der Waals surface area (Å²) in [6.45, 7) is 0. The molecule has 8 heavy (non-hydrogen) atoms. The van der Waals surface area contributed by atoms with Crippen LogP contribution in [0.15, 0.2) is 4.47 Å². The highest BCUT2D eigenvalue weighted by Gasteiger charge is 1.76. The summed E-state index contributed by atoms with van der Waals surface area (Å²) in [5, 5.41) is -0.172. The quantitative estimate of drug-likeness (QED) is 0.365. The first-order valence-corrected chi connectivity index (χ1v) is 2.92. The molecule has 5 nitrogen and oxygen atoms in total. The molecule has 0 rings (SSSR count). The Hall–Kier alpha value is -0.690. The third kappa shape index (κ3) is 5.31. The van der Waals surface area contributed by atoms with Crippen LogP contribution in [0.5, 0.6) is 0 Å². The molecule has 0 amide bonds. The lowest BCUT2D eigenvalue weighted by Crippen LogP contribution is -2.23. The molecular formula is CH3N3O2S2. The lowest BCUT2D eigenvalue weighted by atomic mass is 11.2. The molecule has 0 saturated heterocycles. The number of nitrogens with two attached hydrogens (primary N) is 1. The van der Waals surface area contributed by atoms with Crippen LogP contribution in [-0.4, -0.2) is 13.5 Å².